The van der Waals surface area contributed by atoms with Crippen LogP contribution in [-0.4, -0.2) is 5.91 Å². The van der Waals surface area contributed by atoms with Crippen molar-refractivity contribution in [2.24, 2.45) is 5.41 Å². The van der Waals surface area contributed by atoms with Crippen molar-refractivity contribution in [3.63, 3.8) is 0 Å². The maximum Gasteiger partial charge on any atom is 0.416 e. The predicted molar refractivity (Wildman–Crippen MR) is 76.4 cm³/mol. The van der Waals surface area contributed by atoms with Gasteiger partial charge in [0.1, 0.15) is 5.41 Å². The Bertz CT molecular complexity index is 575. The molecule has 0 unspecified atom stereocenters. The quantitative estimate of drug-likeness (QED) is 0.840. The Morgan fingerprint density at radius 1 is 1.29 bits per heavy atom. The van der Waals surface area contributed by atoms with E-state index in [9.17, 15) is 18.0 Å². The Balaban J connectivity index is 3.12. The van der Waals surface area contributed by atoms with Crippen LogP contribution < -0.4 is 5.32 Å². The van der Waals surface area contributed by atoms with Crippen LogP contribution in [0.1, 0.15) is 32.3 Å². The number of hydrogen-bond donors (Lipinski definition) is 1. The Hall–Kier alpha value is -1.55. The van der Waals surface area contributed by atoms with E-state index in [2.05, 4.69) is 21.2 Å². The summed E-state index contributed by atoms with van der Waals surface area (Å²) in [5.74, 6) is -0.596. The van der Waals surface area contributed by atoms with Gasteiger partial charge in [-0.25, -0.2) is 0 Å². The first-order chi connectivity index (χ1) is 9.68. The molecule has 0 aliphatic rings. The first-order valence-corrected chi connectivity index (χ1v) is 7.08. The molecule has 0 saturated carbocycles. The highest BCUT2D eigenvalue weighted by Crippen LogP contribution is 2.34. The number of hydrogen-bond acceptors (Lipinski definition) is 2. The summed E-state index contributed by atoms with van der Waals surface area (Å²) in [6, 6.07) is 5.08. The molecule has 0 fully saturated rings. The summed E-state index contributed by atoms with van der Waals surface area (Å²) in [6.07, 6.45) is -3.94. The molecule has 3 nitrogen and oxygen atoms in total. The molecular formula is C14H14BrF3N2O. The Kier molecular flexibility index (Phi) is 5.40. The monoisotopic (exact) mass is 362 g/mol. The zero-order chi connectivity index (χ0) is 16.3. The van der Waals surface area contributed by atoms with Gasteiger partial charge in [-0.1, -0.05) is 29.8 Å². The molecule has 0 bridgehead atoms. The average molecular weight is 363 g/mol. The van der Waals surface area contributed by atoms with Crippen molar-refractivity contribution in [1.29, 1.82) is 5.26 Å². The van der Waals surface area contributed by atoms with E-state index in [4.69, 9.17) is 5.26 Å². The van der Waals surface area contributed by atoms with Crippen LogP contribution in [0.25, 0.3) is 0 Å². The Labute approximate surface area is 129 Å². The van der Waals surface area contributed by atoms with Crippen LogP contribution in [0.15, 0.2) is 22.7 Å². The largest absolute Gasteiger partial charge is 0.416 e. The average Bonchev–Trinajstić information content (AvgIpc) is 2.39. The molecule has 7 heteroatoms. The number of halogens is 4. The highest BCUT2D eigenvalue weighted by atomic mass is 79.9. The SMILES string of the molecule is CCC(C#N)(CC)C(=O)Nc1cc(Br)cc(C(F)(F)F)c1. The maximum atomic E-state index is 12.7. The normalized spacial score (nSPS) is 11.9. The predicted octanol–water partition coefficient (Wildman–Crippen LogP) is 4.74. The van der Waals surface area contributed by atoms with Crippen molar-refractivity contribution in [1.82, 2.24) is 0 Å². The van der Waals surface area contributed by atoms with Gasteiger partial charge in [0.15, 0.2) is 0 Å². The van der Waals surface area contributed by atoms with Gasteiger partial charge in [0.2, 0.25) is 5.91 Å². The van der Waals surface area contributed by atoms with E-state index in [1.807, 2.05) is 6.07 Å². The lowest BCUT2D eigenvalue weighted by molar-refractivity contribution is -0.137. The van der Waals surface area contributed by atoms with Gasteiger partial charge in [-0.05, 0) is 31.0 Å². The minimum Gasteiger partial charge on any atom is -0.325 e. The molecule has 1 aromatic rings. The van der Waals surface area contributed by atoms with Gasteiger partial charge in [-0.3, -0.25) is 4.79 Å². The lowest BCUT2D eigenvalue weighted by Crippen LogP contribution is -2.34. The molecular weight excluding hydrogens is 349 g/mol. The van der Waals surface area contributed by atoms with E-state index in [0.29, 0.717) is 0 Å². The molecule has 0 atom stereocenters. The van der Waals surface area contributed by atoms with Crippen molar-refractivity contribution < 1.29 is 18.0 Å². The Morgan fingerprint density at radius 3 is 2.29 bits per heavy atom. The smallest absolute Gasteiger partial charge is 0.325 e. The molecule has 0 aliphatic heterocycles. The van der Waals surface area contributed by atoms with Crippen molar-refractivity contribution >= 4 is 27.5 Å². The molecule has 0 radical (unpaired) electrons. The third-order valence-corrected chi connectivity index (χ3v) is 3.80. The molecule has 0 spiro atoms. The second-order valence-corrected chi connectivity index (χ2v) is 5.50. The second kappa shape index (κ2) is 6.48. The summed E-state index contributed by atoms with van der Waals surface area (Å²) < 4.78 is 38.4. The Morgan fingerprint density at radius 2 is 1.86 bits per heavy atom. The molecule has 0 heterocycles. The highest BCUT2D eigenvalue weighted by Gasteiger charge is 2.36. The number of carbonyl (C=O) groups excluding carboxylic acids is 1. The van der Waals surface area contributed by atoms with Gasteiger partial charge in [0, 0.05) is 10.2 Å². The van der Waals surface area contributed by atoms with E-state index in [-0.39, 0.29) is 23.0 Å². The van der Waals surface area contributed by atoms with Gasteiger partial charge >= 0.3 is 6.18 Å². The lowest BCUT2D eigenvalue weighted by Gasteiger charge is -2.22. The van der Waals surface area contributed by atoms with E-state index in [0.717, 1.165) is 12.1 Å². The van der Waals surface area contributed by atoms with Crippen LogP contribution in [0.2, 0.25) is 0 Å². The summed E-state index contributed by atoms with van der Waals surface area (Å²) in [5.41, 5.74) is -2.10. The van der Waals surface area contributed by atoms with Crippen LogP contribution in [-0.2, 0) is 11.0 Å². The molecule has 0 aliphatic carbocycles. The molecule has 21 heavy (non-hydrogen) atoms. The summed E-state index contributed by atoms with van der Waals surface area (Å²) in [7, 11) is 0. The maximum absolute atomic E-state index is 12.7. The molecule has 0 aromatic heterocycles. The van der Waals surface area contributed by atoms with Crippen molar-refractivity contribution in [3.05, 3.63) is 28.2 Å². The standard InChI is InChI=1S/C14H14BrF3N2O/c1-3-13(4-2,8-19)12(21)20-11-6-9(14(16,17)18)5-10(15)7-11/h5-7H,3-4H2,1-2H3,(H,20,21). The number of alkyl halides is 3. The number of benzene rings is 1. The molecule has 1 rings (SSSR count). The van der Waals surface area contributed by atoms with Gasteiger partial charge in [-0.2, -0.15) is 18.4 Å². The molecule has 1 aromatic carbocycles. The summed E-state index contributed by atoms with van der Waals surface area (Å²) in [5, 5.41) is 11.6. The van der Waals surface area contributed by atoms with E-state index in [1.165, 1.54) is 6.07 Å². The summed E-state index contributed by atoms with van der Waals surface area (Å²) in [6.45, 7) is 3.38. The van der Waals surface area contributed by atoms with Crippen molar-refractivity contribution in [2.75, 3.05) is 5.32 Å². The number of amides is 1. The summed E-state index contributed by atoms with van der Waals surface area (Å²) >= 11 is 2.98. The fourth-order valence-electron chi connectivity index (χ4n) is 1.86. The minimum atomic E-state index is -4.51. The number of nitriles is 1. The number of nitrogens with zero attached hydrogens (tertiary/aromatic N) is 1. The zero-order valence-electron chi connectivity index (χ0n) is 11.5. The lowest BCUT2D eigenvalue weighted by atomic mass is 9.83. The van der Waals surface area contributed by atoms with E-state index < -0.39 is 23.1 Å². The third-order valence-electron chi connectivity index (χ3n) is 3.34. The first kappa shape index (κ1) is 17.5. The topological polar surface area (TPSA) is 52.9 Å². The van der Waals surface area contributed by atoms with Crippen LogP contribution >= 0.6 is 15.9 Å². The third kappa shape index (κ3) is 3.97. The van der Waals surface area contributed by atoms with Crippen LogP contribution in [0.5, 0.6) is 0 Å². The number of carbonyl (C=O) groups is 1. The van der Waals surface area contributed by atoms with Crippen molar-refractivity contribution in [3.8, 4) is 6.07 Å². The first-order valence-electron chi connectivity index (χ1n) is 6.29. The second-order valence-electron chi connectivity index (χ2n) is 4.58. The molecule has 1 N–H and O–H groups in total. The fraction of sp³-hybridized carbons (Fsp3) is 0.429. The zero-order valence-corrected chi connectivity index (χ0v) is 13.1. The van der Waals surface area contributed by atoms with Crippen LogP contribution in [0.4, 0.5) is 18.9 Å². The highest BCUT2D eigenvalue weighted by molar-refractivity contribution is 9.10. The van der Waals surface area contributed by atoms with Crippen molar-refractivity contribution in [2.45, 2.75) is 32.9 Å². The minimum absolute atomic E-state index is 0.00299. The van der Waals surface area contributed by atoms with Crippen LogP contribution in [0.3, 0.4) is 0 Å². The number of anilines is 1. The van der Waals surface area contributed by atoms with Gasteiger partial charge in [-0.15, -0.1) is 0 Å². The van der Waals surface area contributed by atoms with Crippen LogP contribution in [0, 0.1) is 16.7 Å². The van der Waals surface area contributed by atoms with E-state index in [1.54, 1.807) is 13.8 Å². The van der Waals surface area contributed by atoms with Gasteiger partial charge in [0.25, 0.3) is 0 Å². The summed E-state index contributed by atoms with van der Waals surface area (Å²) in [4.78, 5) is 12.2. The molecule has 114 valence electrons. The van der Waals surface area contributed by atoms with Gasteiger partial charge < -0.3 is 5.32 Å². The molecule has 0 saturated heterocycles. The van der Waals surface area contributed by atoms with Gasteiger partial charge in [0.05, 0.1) is 11.6 Å². The molecule has 1 amide bonds. The fourth-order valence-corrected chi connectivity index (χ4v) is 2.35. The van der Waals surface area contributed by atoms with E-state index >= 15 is 0 Å². The number of rotatable bonds is 4. The number of nitrogens with one attached hydrogen (secondary N) is 1.